The summed E-state index contributed by atoms with van der Waals surface area (Å²) in [5, 5.41) is 1.37. The second-order valence-corrected chi connectivity index (χ2v) is 11.6. The van der Waals surface area contributed by atoms with Crippen LogP contribution in [0.4, 0.5) is 5.69 Å². The summed E-state index contributed by atoms with van der Waals surface area (Å²) < 4.78 is 29.5. The van der Waals surface area contributed by atoms with Crippen molar-refractivity contribution in [1.29, 1.82) is 0 Å². The highest BCUT2D eigenvalue weighted by Crippen LogP contribution is 2.32. The molecule has 1 saturated heterocycles. The molecule has 0 aliphatic carbocycles. The van der Waals surface area contributed by atoms with Gasteiger partial charge in [-0.15, -0.1) is 11.3 Å². The predicted octanol–water partition coefficient (Wildman–Crippen LogP) is 3.63. The third kappa shape index (κ3) is 3.99. The van der Waals surface area contributed by atoms with Gasteiger partial charge in [0.2, 0.25) is 5.91 Å². The van der Waals surface area contributed by atoms with E-state index in [2.05, 4.69) is 28.8 Å². The molecule has 0 radical (unpaired) electrons. The van der Waals surface area contributed by atoms with Crippen LogP contribution in [0.15, 0.2) is 46.7 Å². The number of hydrogen-bond acceptors (Lipinski definition) is 5. The third-order valence-corrected chi connectivity index (χ3v) is 9.21. The van der Waals surface area contributed by atoms with Crippen LogP contribution in [0, 0.1) is 0 Å². The average molecular weight is 476 g/mol. The van der Waals surface area contributed by atoms with E-state index in [1.165, 1.54) is 11.1 Å². The number of benzene rings is 2. The highest BCUT2D eigenvalue weighted by atomic mass is 35.5. The zero-order chi connectivity index (χ0) is 21.8. The lowest BCUT2D eigenvalue weighted by Gasteiger charge is -2.26. The molecule has 1 atom stereocenters. The van der Waals surface area contributed by atoms with Crippen LogP contribution in [0.2, 0.25) is 5.02 Å². The smallest absolute Gasteiger partial charge is 0.250 e. The molecule has 9 heteroatoms. The number of rotatable bonds is 4. The van der Waals surface area contributed by atoms with Crippen molar-refractivity contribution in [3.63, 3.8) is 0 Å². The van der Waals surface area contributed by atoms with E-state index in [-0.39, 0.29) is 10.1 Å². The van der Waals surface area contributed by atoms with E-state index in [0.717, 1.165) is 46.6 Å². The maximum Gasteiger partial charge on any atom is 0.250 e. The Balaban J connectivity index is 1.34. The number of carbonyl (C=O) groups excluding carboxylic acids is 1. The molecule has 6 nitrogen and oxygen atoms in total. The summed E-state index contributed by atoms with van der Waals surface area (Å²) in [6.07, 6.45) is 1.39. The maximum absolute atomic E-state index is 13.0. The molecule has 0 saturated carbocycles. The molecule has 3 heterocycles. The molecule has 1 aromatic heterocycles. The molecule has 2 aliphatic rings. The van der Waals surface area contributed by atoms with E-state index in [1.807, 2.05) is 6.07 Å². The number of nitrogens with one attached hydrogen (secondary N) is 1. The quantitative estimate of drug-likeness (QED) is 0.625. The average Bonchev–Trinajstić information content (AvgIpc) is 3.31. The summed E-state index contributed by atoms with van der Waals surface area (Å²) >= 11 is 7.17. The van der Waals surface area contributed by atoms with E-state index in [4.69, 9.17) is 11.6 Å². The molecule has 2 aliphatic heterocycles. The van der Waals surface area contributed by atoms with Crippen molar-refractivity contribution < 1.29 is 13.2 Å². The number of sulfonamides is 1. The van der Waals surface area contributed by atoms with Crippen molar-refractivity contribution in [3.8, 4) is 0 Å². The van der Waals surface area contributed by atoms with Gasteiger partial charge in [-0.2, -0.15) is 4.72 Å². The molecule has 1 N–H and O–H groups in total. The first-order chi connectivity index (χ1) is 14.8. The minimum Gasteiger partial charge on any atom is -0.311 e. The number of thiophene rings is 1. The van der Waals surface area contributed by atoms with Gasteiger partial charge in [-0.05, 0) is 66.7 Å². The van der Waals surface area contributed by atoms with Gasteiger partial charge in [0.1, 0.15) is 10.3 Å². The maximum atomic E-state index is 13.0. The van der Waals surface area contributed by atoms with Gasteiger partial charge in [-0.1, -0.05) is 23.7 Å². The first-order valence-corrected chi connectivity index (χ1v) is 12.8. The van der Waals surface area contributed by atoms with Crippen LogP contribution in [0.25, 0.3) is 10.1 Å². The summed E-state index contributed by atoms with van der Waals surface area (Å²) in [5.41, 5.74) is 3.38. The summed E-state index contributed by atoms with van der Waals surface area (Å²) in [5.74, 6) is -0.208. The van der Waals surface area contributed by atoms with Gasteiger partial charge in [0.25, 0.3) is 10.0 Å². The summed E-state index contributed by atoms with van der Waals surface area (Å²) in [7, 11) is -1.71. The fraction of sp³-hybridized carbons (Fsp3) is 0.318. The van der Waals surface area contributed by atoms with Crippen LogP contribution in [0.5, 0.6) is 0 Å². The number of fused-ring (bicyclic) bond motifs is 2. The fourth-order valence-electron chi connectivity index (χ4n) is 4.25. The Morgan fingerprint density at radius 2 is 1.94 bits per heavy atom. The first-order valence-electron chi connectivity index (χ1n) is 10.1. The van der Waals surface area contributed by atoms with E-state index in [0.29, 0.717) is 18.0 Å². The number of nitrogens with zero attached hydrogens (tertiary/aromatic N) is 2. The molecule has 2 aromatic carbocycles. The predicted molar refractivity (Wildman–Crippen MR) is 124 cm³/mol. The SMILES string of the molecule is CN1CCc2cc(N3CC[C@H](NS(=O)(=O)c4cc5ccc(Cl)cc5s4)C3=O)ccc2C1. The lowest BCUT2D eigenvalue weighted by molar-refractivity contribution is -0.118. The van der Waals surface area contributed by atoms with Crippen LogP contribution in [0.1, 0.15) is 17.5 Å². The highest BCUT2D eigenvalue weighted by molar-refractivity contribution is 7.91. The second-order valence-electron chi connectivity index (χ2n) is 8.14. The summed E-state index contributed by atoms with van der Waals surface area (Å²) in [6, 6.07) is 12.2. The van der Waals surface area contributed by atoms with Crippen LogP contribution in [-0.4, -0.2) is 45.4 Å². The Morgan fingerprint density at radius 3 is 2.77 bits per heavy atom. The van der Waals surface area contributed by atoms with Crippen LogP contribution in [-0.2, 0) is 27.8 Å². The highest BCUT2D eigenvalue weighted by Gasteiger charge is 2.36. The van der Waals surface area contributed by atoms with Gasteiger partial charge in [-0.3, -0.25) is 4.79 Å². The fourth-order valence-corrected chi connectivity index (χ4v) is 7.17. The van der Waals surface area contributed by atoms with Gasteiger partial charge < -0.3 is 9.80 Å². The second kappa shape index (κ2) is 7.86. The van der Waals surface area contributed by atoms with E-state index < -0.39 is 16.1 Å². The standard InChI is InChI=1S/C22H22ClN3O3S2/c1-25-8-6-14-10-18(5-3-16(14)13-25)26-9-7-19(22(26)27)24-31(28,29)21-11-15-2-4-17(23)12-20(15)30-21/h2-5,10-12,19,24H,6-9,13H2,1H3/t19-/m0/s1. The van der Waals surface area contributed by atoms with Gasteiger partial charge in [0.05, 0.1) is 0 Å². The Bertz CT molecular complexity index is 1290. The van der Waals surface area contributed by atoms with E-state index in [9.17, 15) is 13.2 Å². The molecule has 162 valence electrons. The molecule has 31 heavy (non-hydrogen) atoms. The third-order valence-electron chi connectivity index (χ3n) is 5.93. The van der Waals surface area contributed by atoms with Gasteiger partial charge >= 0.3 is 0 Å². The van der Waals surface area contributed by atoms with Gasteiger partial charge in [0, 0.05) is 35.0 Å². The van der Waals surface area contributed by atoms with E-state index in [1.54, 1.807) is 29.2 Å². The van der Waals surface area contributed by atoms with Crippen LogP contribution in [0.3, 0.4) is 0 Å². The zero-order valence-corrected chi connectivity index (χ0v) is 19.4. The van der Waals surface area contributed by atoms with Crippen molar-refractivity contribution in [2.24, 2.45) is 0 Å². The van der Waals surface area contributed by atoms with Crippen molar-refractivity contribution in [2.45, 2.75) is 29.6 Å². The minimum atomic E-state index is -3.81. The lowest BCUT2D eigenvalue weighted by Crippen LogP contribution is -2.41. The molecule has 0 bridgehead atoms. The summed E-state index contributed by atoms with van der Waals surface area (Å²) in [6.45, 7) is 2.40. The lowest BCUT2D eigenvalue weighted by atomic mass is 9.99. The number of likely N-dealkylation sites (N-methyl/N-ethyl adjacent to an activating group) is 1. The molecular formula is C22H22ClN3O3S2. The topological polar surface area (TPSA) is 69.7 Å². The number of amides is 1. The molecule has 0 spiro atoms. The number of anilines is 1. The van der Waals surface area contributed by atoms with Crippen LogP contribution >= 0.6 is 22.9 Å². The number of carbonyl (C=O) groups is 1. The Labute approximate surface area is 190 Å². The Morgan fingerprint density at radius 1 is 1.10 bits per heavy atom. The van der Waals surface area contributed by atoms with Crippen molar-refractivity contribution >= 4 is 54.6 Å². The first kappa shape index (κ1) is 20.9. The molecule has 5 rings (SSSR count). The van der Waals surface area contributed by atoms with Crippen LogP contribution < -0.4 is 9.62 Å². The molecule has 1 amide bonds. The normalized spacial score (nSPS) is 19.9. The monoisotopic (exact) mass is 475 g/mol. The van der Waals surface area contributed by atoms with E-state index >= 15 is 0 Å². The van der Waals surface area contributed by atoms with Gasteiger partial charge in [-0.25, -0.2) is 8.42 Å². The molecular weight excluding hydrogens is 454 g/mol. The minimum absolute atomic E-state index is 0.189. The number of halogens is 1. The largest absolute Gasteiger partial charge is 0.311 e. The Hall–Kier alpha value is -1.97. The zero-order valence-electron chi connectivity index (χ0n) is 17.0. The van der Waals surface area contributed by atoms with Gasteiger partial charge in [0.15, 0.2) is 0 Å². The summed E-state index contributed by atoms with van der Waals surface area (Å²) in [4.78, 5) is 17.0. The van der Waals surface area contributed by atoms with Crippen molar-refractivity contribution in [2.75, 3.05) is 25.0 Å². The molecule has 3 aromatic rings. The number of hydrogen-bond donors (Lipinski definition) is 1. The van der Waals surface area contributed by atoms with Crippen molar-refractivity contribution in [1.82, 2.24) is 9.62 Å². The molecule has 0 unspecified atom stereocenters. The Kier molecular flexibility index (Phi) is 5.30. The van der Waals surface area contributed by atoms with Crippen molar-refractivity contribution in [3.05, 3.63) is 58.6 Å². The molecule has 1 fully saturated rings.